The van der Waals surface area contributed by atoms with Crippen molar-refractivity contribution in [1.29, 1.82) is 0 Å². The molecule has 1 fully saturated rings. The number of piperidine rings is 1. The second-order valence-electron chi connectivity index (χ2n) is 9.03. The van der Waals surface area contributed by atoms with E-state index in [9.17, 15) is 12.8 Å². The van der Waals surface area contributed by atoms with Gasteiger partial charge in [0, 0.05) is 31.1 Å². The number of halogens is 1. The number of sulfone groups is 1. The second-order valence-corrected chi connectivity index (χ2v) is 11.0. The highest BCUT2D eigenvalue weighted by Crippen LogP contribution is 2.33. The number of H-pyrrole nitrogens is 1. The molecule has 0 bridgehead atoms. The highest BCUT2D eigenvalue weighted by molar-refractivity contribution is 7.90. The van der Waals surface area contributed by atoms with Crippen molar-refractivity contribution in [3.8, 4) is 11.6 Å². The Labute approximate surface area is 202 Å². The molecule has 184 valence electrons. The van der Waals surface area contributed by atoms with Gasteiger partial charge in [0.15, 0.2) is 32.9 Å². The summed E-state index contributed by atoms with van der Waals surface area (Å²) in [6.45, 7) is 5.93. The van der Waals surface area contributed by atoms with Crippen LogP contribution in [0.3, 0.4) is 0 Å². The van der Waals surface area contributed by atoms with Crippen molar-refractivity contribution in [2.45, 2.75) is 43.5 Å². The smallest absolute Gasteiger partial charge is 0.233 e. The Hall–Kier alpha value is -3.54. The summed E-state index contributed by atoms with van der Waals surface area (Å²) in [7, 11) is -3.53. The first-order valence-corrected chi connectivity index (χ1v) is 13.3. The number of hydrogen-bond acceptors (Lipinski definition) is 8. The molecule has 1 aromatic carbocycles. The van der Waals surface area contributed by atoms with Gasteiger partial charge in [-0.3, -0.25) is 5.10 Å². The second kappa shape index (κ2) is 8.91. The number of benzene rings is 1. The molecule has 10 nitrogen and oxygen atoms in total. The molecule has 0 radical (unpaired) electrons. The fourth-order valence-corrected chi connectivity index (χ4v) is 4.84. The maximum absolute atomic E-state index is 14.5. The largest absolute Gasteiger partial charge is 0.435 e. The Morgan fingerprint density at radius 3 is 2.60 bits per heavy atom. The fourth-order valence-electron chi connectivity index (χ4n) is 4.21. The maximum Gasteiger partial charge on any atom is 0.233 e. The van der Waals surface area contributed by atoms with Crippen LogP contribution >= 0.6 is 0 Å². The Kier molecular flexibility index (Phi) is 5.91. The standard InChI is InChI=1S/C23H26FN7O3S/c1-14(2)19-11-21(29-28-19)30-8-6-15(7-9-30)31-22-17(12-27-31)23(26-13-25-22)34-20-5-4-16(10-18(20)24)35(3,32)33/h4-5,10-15H,6-9H2,1-3H3,(H,28,29). The molecule has 1 N–H and O–H groups in total. The molecule has 5 rings (SSSR count). The van der Waals surface area contributed by atoms with Gasteiger partial charge in [0.2, 0.25) is 5.88 Å². The number of rotatable bonds is 6. The minimum absolute atomic E-state index is 0.121. The molecule has 4 heterocycles. The Morgan fingerprint density at radius 1 is 1.17 bits per heavy atom. The van der Waals surface area contributed by atoms with Crippen molar-refractivity contribution in [2.24, 2.45) is 0 Å². The van der Waals surface area contributed by atoms with Crippen LogP contribution in [-0.2, 0) is 9.84 Å². The highest BCUT2D eigenvalue weighted by Gasteiger charge is 2.25. The average molecular weight is 500 g/mol. The summed E-state index contributed by atoms with van der Waals surface area (Å²) in [6.07, 6.45) is 5.71. The average Bonchev–Trinajstić information content (AvgIpc) is 3.48. The van der Waals surface area contributed by atoms with Crippen molar-refractivity contribution < 1.29 is 17.5 Å². The van der Waals surface area contributed by atoms with Crippen LogP contribution in [0.25, 0.3) is 11.0 Å². The van der Waals surface area contributed by atoms with Crippen molar-refractivity contribution in [2.75, 3.05) is 24.2 Å². The zero-order valence-electron chi connectivity index (χ0n) is 19.6. The number of hydrogen-bond donors (Lipinski definition) is 1. The van der Waals surface area contributed by atoms with Gasteiger partial charge in [-0.1, -0.05) is 13.8 Å². The molecule has 0 atom stereocenters. The van der Waals surface area contributed by atoms with Gasteiger partial charge in [-0.2, -0.15) is 10.2 Å². The molecule has 0 aliphatic carbocycles. The van der Waals surface area contributed by atoms with E-state index >= 15 is 0 Å². The number of aromatic amines is 1. The molecule has 12 heteroatoms. The first-order valence-electron chi connectivity index (χ1n) is 11.4. The summed E-state index contributed by atoms with van der Waals surface area (Å²) in [4.78, 5) is 10.7. The van der Waals surface area contributed by atoms with Crippen molar-refractivity contribution in [3.63, 3.8) is 0 Å². The summed E-state index contributed by atoms with van der Waals surface area (Å²) in [6, 6.07) is 5.75. The van der Waals surface area contributed by atoms with Gasteiger partial charge in [-0.15, -0.1) is 0 Å². The van der Waals surface area contributed by atoms with E-state index in [1.54, 1.807) is 6.20 Å². The summed E-state index contributed by atoms with van der Waals surface area (Å²) < 4.78 is 45.4. The molecule has 1 aliphatic rings. The first kappa shape index (κ1) is 23.2. The summed E-state index contributed by atoms with van der Waals surface area (Å²) >= 11 is 0. The molecule has 35 heavy (non-hydrogen) atoms. The SMILES string of the molecule is CC(C)c1cc(N2CCC(n3ncc4c(Oc5ccc(S(C)(=O)=O)cc5F)ncnc43)CC2)n[nH]1. The molecule has 0 unspecified atom stereocenters. The molecule has 1 saturated heterocycles. The lowest BCUT2D eigenvalue weighted by Gasteiger charge is -2.32. The Bertz CT molecular complexity index is 1470. The molecule has 0 amide bonds. The lowest BCUT2D eigenvalue weighted by molar-refractivity contribution is 0.373. The zero-order valence-corrected chi connectivity index (χ0v) is 20.5. The van der Waals surface area contributed by atoms with E-state index in [0.29, 0.717) is 17.0 Å². The van der Waals surface area contributed by atoms with Gasteiger partial charge in [0.1, 0.15) is 11.7 Å². The van der Waals surface area contributed by atoms with E-state index in [1.165, 1.54) is 18.5 Å². The van der Waals surface area contributed by atoms with Crippen LogP contribution in [-0.4, -0.2) is 57.7 Å². The number of aromatic nitrogens is 6. The van der Waals surface area contributed by atoms with Crippen molar-refractivity contribution in [1.82, 2.24) is 29.9 Å². The summed E-state index contributed by atoms with van der Waals surface area (Å²) in [5.74, 6) is 0.588. The van der Waals surface area contributed by atoms with Gasteiger partial charge in [0.25, 0.3) is 0 Å². The van der Waals surface area contributed by atoms with E-state index in [-0.39, 0.29) is 22.6 Å². The van der Waals surface area contributed by atoms with Crippen LogP contribution in [0.1, 0.15) is 44.3 Å². The molecule has 4 aromatic rings. The maximum atomic E-state index is 14.5. The van der Waals surface area contributed by atoms with E-state index in [2.05, 4.69) is 50.1 Å². The molecule has 3 aromatic heterocycles. The molecule has 0 saturated carbocycles. The normalized spacial score (nSPS) is 15.3. The van der Waals surface area contributed by atoms with Crippen LogP contribution in [0.4, 0.5) is 10.2 Å². The minimum atomic E-state index is -3.53. The number of nitrogens with zero attached hydrogens (tertiary/aromatic N) is 6. The van der Waals surface area contributed by atoms with Crippen molar-refractivity contribution in [3.05, 3.63) is 48.3 Å². The third-order valence-electron chi connectivity index (χ3n) is 6.23. The molecule has 0 spiro atoms. The fraction of sp³-hybridized carbons (Fsp3) is 0.391. The molecule has 1 aliphatic heterocycles. The predicted octanol–water partition coefficient (Wildman–Crippen LogP) is 3.85. The van der Waals surface area contributed by atoms with Crippen LogP contribution in [0.5, 0.6) is 11.6 Å². The van der Waals surface area contributed by atoms with E-state index in [1.807, 2.05) is 4.68 Å². The van der Waals surface area contributed by atoms with Crippen LogP contribution < -0.4 is 9.64 Å². The number of anilines is 1. The number of nitrogens with one attached hydrogen (secondary N) is 1. The van der Waals surface area contributed by atoms with E-state index in [0.717, 1.165) is 49.8 Å². The quantitative estimate of drug-likeness (QED) is 0.425. The number of ether oxygens (including phenoxy) is 1. The van der Waals surface area contributed by atoms with E-state index in [4.69, 9.17) is 4.74 Å². The van der Waals surface area contributed by atoms with Gasteiger partial charge in [-0.05, 0) is 37.0 Å². The highest BCUT2D eigenvalue weighted by atomic mass is 32.2. The zero-order chi connectivity index (χ0) is 24.7. The van der Waals surface area contributed by atoms with Gasteiger partial charge < -0.3 is 9.64 Å². The monoisotopic (exact) mass is 499 g/mol. The van der Waals surface area contributed by atoms with Crippen LogP contribution in [0, 0.1) is 5.82 Å². The number of fused-ring (bicyclic) bond motifs is 1. The topological polar surface area (TPSA) is 119 Å². The molecular formula is C23H26FN7O3S. The van der Waals surface area contributed by atoms with Gasteiger partial charge in [0.05, 0.1) is 17.1 Å². The van der Waals surface area contributed by atoms with E-state index < -0.39 is 15.7 Å². The van der Waals surface area contributed by atoms with Crippen molar-refractivity contribution >= 4 is 26.7 Å². The minimum Gasteiger partial charge on any atom is -0.435 e. The molecular weight excluding hydrogens is 473 g/mol. The third kappa shape index (κ3) is 4.57. The summed E-state index contributed by atoms with van der Waals surface area (Å²) in [5.41, 5.74) is 1.72. The lowest BCUT2D eigenvalue weighted by atomic mass is 10.0. The first-order chi connectivity index (χ1) is 16.7. The van der Waals surface area contributed by atoms with Crippen LogP contribution in [0.15, 0.2) is 41.7 Å². The predicted molar refractivity (Wildman–Crippen MR) is 128 cm³/mol. The lowest BCUT2D eigenvalue weighted by Crippen LogP contribution is -2.35. The van der Waals surface area contributed by atoms with Crippen LogP contribution in [0.2, 0.25) is 0 Å². The Balaban J connectivity index is 1.34. The van der Waals surface area contributed by atoms with Gasteiger partial charge in [-0.25, -0.2) is 27.5 Å². The summed E-state index contributed by atoms with van der Waals surface area (Å²) in [5, 5.41) is 12.7. The third-order valence-corrected chi connectivity index (χ3v) is 7.34. The van der Waals surface area contributed by atoms with Gasteiger partial charge >= 0.3 is 0 Å². The Morgan fingerprint density at radius 2 is 1.94 bits per heavy atom.